The average molecular weight is 440 g/mol. The molecule has 0 saturated carbocycles. The molecule has 0 saturated heterocycles. The topological polar surface area (TPSA) is 58.2 Å². The number of aryl methyl sites for hydroxylation is 1. The van der Waals surface area contributed by atoms with E-state index in [0.717, 1.165) is 15.7 Å². The molecule has 158 valence electrons. The molecule has 2 aromatic heterocycles. The Kier molecular flexibility index (Phi) is 4.60. The van der Waals surface area contributed by atoms with Crippen molar-refractivity contribution < 1.29 is 9.13 Å². The quantitative estimate of drug-likeness (QED) is 0.479. The summed E-state index contributed by atoms with van der Waals surface area (Å²) in [6, 6.07) is 13.3. The zero-order valence-electron chi connectivity index (χ0n) is 16.9. The number of aromatic nitrogens is 3. The molecule has 0 radical (unpaired) electrons. The van der Waals surface area contributed by atoms with Crippen LogP contribution in [0.1, 0.15) is 17.4 Å². The van der Waals surface area contributed by atoms with Gasteiger partial charge < -0.3 is 9.30 Å². The number of hydrogen-bond acceptors (Lipinski definition) is 3. The molecule has 0 amide bonds. The minimum atomic E-state index is -0.546. The maximum absolute atomic E-state index is 13.5. The highest BCUT2D eigenvalue weighted by Crippen LogP contribution is 2.40. The molecular formula is C23H19ClFN3O3. The predicted octanol–water partition coefficient (Wildman–Crippen LogP) is 3.62. The first-order valence-electron chi connectivity index (χ1n) is 9.83. The van der Waals surface area contributed by atoms with E-state index in [4.69, 9.17) is 16.3 Å². The van der Waals surface area contributed by atoms with Crippen molar-refractivity contribution in [3.05, 3.63) is 91.5 Å². The third-order valence-electron chi connectivity index (χ3n) is 5.84. The second-order valence-corrected chi connectivity index (χ2v) is 8.06. The highest BCUT2D eigenvalue weighted by Gasteiger charge is 2.33. The van der Waals surface area contributed by atoms with Gasteiger partial charge in [0, 0.05) is 25.7 Å². The Hall–Kier alpha value is -3.16. The van der Waals surface area contributed by atoms with Gasteiger partial charge in [-0.25, -0.2) is 9.18 Å². The second-order valence-electron chi connectivity index (χ2n) is 7.62. The summed E-state index contributed by atoms with van der Waals surface area (Å²) < 4.78 is 24.2. The molecule has 0 N–H and O–H groups in total. The summed E-state index contributed by atoms with van der Waals surface area (Å²) in [7, 11) is 3.12. The molecule has 2 aromatic carbocycles. The van der Waals surface area contributed by atoms with Gasteiger partial charge in [-0.15, -0.1) is 0 Å². The number of benzene rings is 2. The van der Waals surface area contributed by atoms with Gasteiger partial charge in [-0.05, 0) is 35.4 Å². The molecule has 1 aliphatic heterocycles. The Bertz CT molecular complexity index is 1430. The highest BCUT2D eigenvalue weighted by atomic mass is 35.5. The van der Waals surface area contributed by atoms with Crippen LogP contribution < -0.4 is 11.2 Å². The van der Waals surface area contributed by atoms with Gasteiger partial charge in [0.1, 0.15) is 11.9 Å². The maximum atomic E-state index is 13.5. The lowest BCUT2D eigenvalue weighted by Gasteiger charge is -2.27. The molecule has 0 spiro atoms. The molecule has 6 nitrogen and oxygen atoms in total. The van der Waals surface area contributed by atoms with E-state index in [0.29, 0.717) is 40.5 Å². The molecule has 0 aliphatic carbocycles. The number of halogens is 2. The van der Waals surface area contributed by atoms with Gasteiger partial charge in [0.2, 0.25) is 0 Å². The zero-order valence-corrected chi connectivity index (χ0v) is 17.7. The Morgan fingerprint density at radius 2 is 1.68 bits per heavy atom. The molecule has 1 aliphatic rings. The molecule has 5 rings (SSSR count). The van der Waals surface area contributed by atoms with E-state index in [-0.39, 0.29) is 11.4 Å². The third kappa shape index (κ3) is 2.96. The largest absolute Gasteiger partial charge is 0.365 e. The highest BCUT2D eigenvalue weighted by molar-refractivity contribution is 6.30. The van der Waals surface area contributed by atoms with Gasteiger partial charge in [-0.3, -0.25) is 13.9 Å². The molecule has 1 atom stereocenters. The molecule has 0 fully saturated rings. The summed E-state index contributed by atoms with van der Waals surface area (Å²) in [5, 5.41) is 1.03. The van der Waals surface area contributed by atoms with Crippen LogP contribution >= 0.6 is 11.6 Å². The van der Waals surface area contributed by atoms with E-state index in [1.807, 2.05) is 16.7 Å². The van der Waals surface area contributed by atoms with Crippen molar-refractivity contribution in [3.8, 4) is 11.3 Å². The van der Waals surface area contributed by atoms with Gasteiger partial charge in [0.05, 0.1) is 28.9 Å². The monoisotopic (exact) mass is 439 g/mol. The van der Waals surface area contributed by atoms with Crippen LogP contribution in [0.15, 0.2) is 58.1 Å². The molecule has 31 heavy (non-hydrogen) atoms. The molecule has 4 aromatic rings. The van der Waals surface area contributed by atoms with E-state index >= 15 is 0 Å². The Balaban J connectivity index is 1.93. The van der Waals surface area contributed by atoms with Gasteiger partial charge in [0.15, 0.2) is 0 Å². The lowest BCUT2D eigenvalue weighted by molar-refractivity contribution is 0.0478. The fourth-order valence-corrected chi connectivity index (χ4v) is 4.51. The molecule has 0 bridgehead atoms. The fourth-order valence-electron chi connectivity index (χ4n) is 4.38. The van der Waals surface area contributed by atoms with Crippen LogP contribution in [0.3, 0.4) is 0 Å². The predicted molar refractivity (Wildman–Crippen MR) is 117 cm³/mol. The van der Waals surface area contributed by atoms with Crippen molar-refractivity contribution in [1.29, 1.82) is 0 Å². The van der Waals surface area contributed by atoms with Crippen molar-refractivity contribution in [2.75, 3.05) is 6.61 Å². The Morgan fingerprint density at radius 1 is 1.00 bits per heavy atom. The summed E-state index contributed by atoms with van der Waals surface area (Å²) in [6.07, 6.45) is -0.546. The Labute approximate surface area is 181 Å². The number of nitrogens with zero attached hydrogens (tertiary/aromatic N) is 3. The minimum absolute atomic E-state index is 0.345. The summed E-state index contributed by atoms with van der Waals surface area (Å²) >= 11 is 6.08. The number of fused-ring (bicyclic) bond motifs is 3. The van der Waals surface area contributed by atoms with Crippen molar-refractivity contribution in [1.82, 2.24) is 13.7 Å². The van der Waals surface area contributed by atoms with E-state index in [1.165, 1.54) is 23.7 Å². The standard InChI is InChI=1S/C23H19ClFN3O3/c1-26-19-17(22(29)27(2)23(26)30)18(13-3-7-15(24)8-4-13)28-11-12-31-21(20(19)28)14-5-9-16(25)10-6-14/h3-10,21H,11-12H2,1-2H3. The van der Waals surface area contributed by atoms with Crippen molar-refractivity contribution in [2.24, 2.45) is 14.1 Å². The van der Waals surface area contributed by atoms with E-state index in [1.54, 1.807) is 31.3 Å². The van der Waals surface area contributed by atoms with Crippen LogP contribution in [0, 0.1) is 5.82 Å². The maximum Gasteiger partial charge on any atom is 0.331 e. The first-order valence-corrected chi connectivity index (χ1v) is 10.2. The average Bonchev–Trinajstić information content (AvgIpc) is 3.13. The van der Waals surface area contributed by atoms with Crippen LogP contribution in [-0.4, -0.2) is 20.3 Å². The molecule has 3 heterocycles. The molecule has 8 heteroatoms. The van der Waals surface area contributed by atoms with Crippen molar-refractivity contribution in [3.63, 3.8) is 0 Å². The lowest BCUT2D eigenvalue weighted by atomic mass is 10.0. The molecule has 1 unspecified atom stereocenters. The van der Waals surface area contributed by atoms with E-state index < -0.39 is 11.8 Å². The third-order valence-corrected chi connectivity index (χ3v) is 6.09. The zero-order chi connectivity index (χ0) is 21.9. The second kappa shape index (κ2) is 7.21. The van der Waals surface area contributed by atoms with Gasteiger partial charge in [-0.2, -0.15) is 0 Å². The Morgan fingerprint density at radius 3 is 2.35 bits per heavy atom. The van der Waals surface area contributed by atoms with Crippen LogP contribution in [-0.2, 0) is 25.4 Å². The smallest absolute Gasteiger partial charge is 0.331 e. The SMILES string of the molecule is Cn1c(=O)c2c(-c3ccc(Cl)cc3)n3c(c2n(C)c1=O)C(c1ccc(F)cc1)OCC3. The van der Waals surface area contributed by atoms with Crippen LogP contribution in [0.25, 0.3) is 22.2 Å². The molecular weight excluding hydrogens is 421 g/mol. The van der Waals surface area contributed by atoms with Crippen molar-refractivity contribution >= 4 is 22.5 Å². The van der Waals surface area contributed by atoms with Gasteiger partial charge in [-0.1, -0.05) is 35.9 Å². The first-order chi connectivity index (χ1) is 14.9. The number of hydrogen-bond donors (Lipinski definition) is 0. The summed E-state index contributed by atoms with van der Waals surface area (Å²) in [4.78, 5) is 26.1. The van der Waals surface area contributed by atoms with Gasteiger partial charge >= 0.3 is 5.69 Å². The van der Waals surface area contributed by atoms with Crippen LogP contribution in [0.4, 0.5) is 4.39 Å². The number of rotatable bonds is 2. The number of ether oxygens (including phenoxy) is 1. The lowest BCUT2D eigenvalue weighted by Crippen LogP contribution is -2.37. The summed E-state index contributed by atoms with van der Waals surface area (Å²) in [5.41, 5.74) is 2.71. The summed E-state index contributed by atoms with van der Waals surface area (Å²) in [6.45, 7) is 0.919. The fraction of sp³-hybridized carbons (Fsp3) is 0.217. The minimum Gasteiger partial charge on any atom is -0.365 e. The van der Waals surface area contributed by atoms with Crippen molar-refractivity contribution in [2.45, 2.75) is 12.6 Å². The van der Waals surface area contributed by atoms with Crippen LogP contribution in [0.5, 0.6) is 0 Å². The summed E-state index contributed by atoms with van der Waals surface area (Å²) in [5.74, 6) is -0.345. The van der Waals surface area contributed by atoms with Crippen LogP contribution in [0.2, 0.25) is 5.02 Å². The normalized spacial score (nSPS) is 15.9. The van der Waals surface area contributed by atoms with E-state index in [2.05, 4.69) is 0 Å². The van der Waals surface area contributed by atoms with Gasteiger partial charge in [0.25, 0.3) is 5.56 Å². The van der Waals surface area contributed by atoms with E-state index in [9.17, 15) is 14.0 Å². The first kappa shape index (κ1) is 19.8.